The third kappa shape index (κ3) is 2.24. The second-order valence-electron chi connectivity index (χ2n) is 4.55. The van der Waals surface area contributed by atoms with Crippen molar-refractivity contribution in [2.24, 2.45) is 5.73 Å². The van der Waals surface area contributed by atoms with Crippen molar-refractivity contribution in [3.63, 3.8) is 0 Å². The first-order valence-electron chi connectivity index (χ1n) is 6.11. The van der Waals surface area contributed by atoms with E-state index in [0.717, 1.165) is 27.9 Å². The highest BCUT2D eigenvalue weighted by Crippen LogP contribution is 2.31. The number of furan rings is 1. The average molecular weight is 312 g/mol. The molecule has 0 aliphatic rings. The molecule has 1 atom stereocenters. The average Bonchev–Trinajstić information content (AvgIpc) is 2.93. The lowest BCUT2D eigenvalue weighted by Crippen LogP contribution is -2.19. The van der Waals surface area contributed by atoms with Crippen LogP contribution in [0.15, 0.2) is 27.4 Å². The van der Waals surface area contributed by atoms with E-state index in [1.807, 2.05) is 10.7 Å². The minimum atomic E-state index is -0.224. The molecule has 2 heterocycles. The third-order valence-corrected chi connectivity index (χ3v) is 3.62. The summed E-state index contributed by atoms with van der Waals surface area (Å²) < 4.78 is 8.33. The molecule has 0 saturated heterocycles. The van der Waals surface area contributed by atoms with Crippen LogP contribution in [0.25, 0.3) is 0 Å². The largest absolute Gasteiger partial charge is 0.469 e. The molecular weight excluding hydrogens is 294 g/mol. The summed E-state index contributed by atoms with van der Waals surface area (Å²) in [7, 11) is 0. The number of nitrogens with two attached hydrogens (primary N) is 1. The summed E-state index contributed by atoms with van der Waals surface area (Å²) in [5.41, 5.74) is 8.39. The molecule has 5 heteroatoms. The summed E-state index contributed by atoms with van der Waals surface area (Å²) in [4.78, 5) is 0. The van der Waals surface area contributed by atoms with Crippen LogP contribution in [0.2, 0.25) is 0 Å². The molecule has 1 unspecified atom stereocenters. The fraction of sp³-hybridized carbons (Fsp3) is 0.462. The summed E-state index contributed by atoms with van der Waals surface area (Å²) in [6.07, 6.45) is 4.32. The highest BCUT2D eigenvalue weighted by atomic mass is 79.9. The number of halogens is 1. The van der Waals surface area contributed by atoms with Gasteiger partial charge in [0, 0.05) is 18.0 Å². The minimum Gasteiger partial charge on any atom is -0.469 e. The Bertz CT molecular complexity index is 530. The van der Waals surface area contributed by atoms with Crippen molar-refractivity contribution >= 4 is 15.9 Å². The zero-order chi connectivity index (χ0) is 13.3. The molecule has 0 radical (unpaired) electrons. The van der Waals surface area contributed by atoms with Gasteiger partial charge in [-0.3, -0.25) is 4.68 Å². The third-order valence-electron chi connectivity index (χ3n) is 3.01. The van der Waals surface area contributed by atoms with Gasteiger partial charge < -0.3 is 10.2 Å². The smallest absolute Gasteiger partial charge is 0.108 e. The zero-order valence-electron chi connectivity index (χ0n) is 10.9. The Kier molecular flexibility index (Phi) is 3.92. The highest BCUT2D eigenvalue weighted by Gasteiger charge is 2.22. The second kappa shape index (κ2) is 5.28. The van der Waals surface area contributed by atoms with Crippen LogP contribution in [0.1, 0.15) is 49.9 Å². The van der Waals surface area contributed by atoms with E-state index in [2.05, 4.69) is 41.8 Å². The van der Waals surface area contributed by atoms with Crippen LogP contribution in [-0.4, -0.2) is 9.78 Å². The molecule has 0 fully saturated rings. The van der Waals surface area contributed by atoms with Gasteiger partial charge in [0.15, 0.2) is 0 Å². The van der Waals surface area contributed by atoms with Crippen molar-refractivity contribution in [2.75, 3.05) is 0 Å². The normalized spacial score (nSPS) is 13.2. The molecule has 2 rings (SSSR count). The maximum Gasteiger partial charge on any atom is 0.108 e. The van der Waals surface area contributed by atoms with Crippen LogP contribution in [0.5, 0.6) is 0 Å². The molecule has 2 N–H and O–H groups in total. The Morgan fingerprint density at radius 2 is 2.22 bits per heavy atom. The van der Waals surface area contributed by atoms with Crippen LogP contribution in [0.3, 0.4) is 0 Å². The van der Waals surface area contributed by atoms with Gasteiger partial charge in [0.25, 0.3) is 0 Å². The van der Waals surface area contributed by atoms with Crippen molar-refractivity contribution in [1.82, 2.24) is 9.78 Å². The van der Waals surface area contributed by atoms with Crippen molar-refractivity contribution in [3.8, 4) is 0 Å². The number of hydrogen-bond acceptors (Lipinski definition) is 3. The molecule has 18 heavy (non-hydrogen) atoms. The van der Waals surface area contributed by atoms with Crippen LogP contribution in [0, 0.1) is 0 Å². The first kappa shape index (κ1) is 13.4. The predicted octanol–water partition coefficient (Wildman–Crippen LogP) is 3.43. The van der Waals surface area contributed by atoms with E-state index >= 15 is 0 Å². The standard InChI is InChI=1S/C13H18BrN3O/c1-4-11-9(5-6-18-11)12(15)13-10(14)7-16-17(13)8(2)3/h5-8,12H,4,15H2,1-3H3. The quantitative estimate of drug-likeness (QED) is 0.941. The monoisotopic (exact) mass is 311 g/mol. The molecule has 0 bridgehead atoms. The van der Waals surface area contributed by atoms with Gasteiger partial charge >= 0.3 is 0 Å². The zero-order valence-corrected chi connectivity index (χ0v) is 12.4. The van der Waals surface area contributed by atoms with Crippen LogP contribution in [-0.2, 0) is 6.42 Å². The lowest BCUT2D eigenvalue weighted by atomic mass is 10.0. The summed E-state index contributed by atoms with van der Waals surface area (Å²) in [6, 6.07) is 1.99. The fourth-order valence-corrected chi connectivity index (χ4v) is 2.64. The second-order valence-corrected chi connectivity index (χ2v) is 5.40. The SMILES string of the molecule is CCc1occc1C(N)c1c(Br)cnn1C(C)C. The van der Waals surface area contributed by atoms with Gasteiger partial charge in [0.05, 0.1) is 28.7 Å². The first-order valence-corrected chi connectivity index (χ1v) is 6.90. The van der Waals surface area contributed by atoms with Crippen LogP contribution >= 0.6 is 15.9 Å². The van der Waals surface area contributed by atoms with Gasteiger partial charge in [-0.1, -0.05) is 6.92 Å². The molecule has 0 aliphatic carbocycles. The van der Waals surface area contributed by atoms with Crippen molar-refractivity contribution in [1.29, 1.82) is 0 Å². The van der Waals surface area contributed by atoms with Crippen LogP contribution in [0.4, 0.5) is 0 Å². The molecule has 2 aromatic rings. The summed E-state index contributed by atoms with van der Waals surface area (Å²) in [5, 5.41) is 4.36. The van der Waals surface area contributed by atoms with Gasteiger partial charge in [-0.15, -0.1) is 0 Å². The van der Waals surface area contributed by atoms with Gasteiger partial charge in [-0.05, 0) is 35.8 Å². The number of rotatable bonds is 4. The van der Waals surface area contributed by atoms with Gasteiger partial charge in [0.1, 0.15) is 5.76 Å². The number of aromatic nitrogens is 2. The molecule has 98 valence electrons. The molecule has 0 amide bonds. The number of nitrogens with zero attached hydrogens (tertiary/aromatic N) is 2. The van der Waals surface area contributed by atoms with Gasteiger partial charge in [-0.2, -0.15) is 5.10 Å². The van der Waals surface area contributed by atoms with Crippen LogP contribution < -0.4 is 5.73 Å². The Morgan fingerprint density at radius 3 is 2.83 bits per heavy atom. The van der Waals surface area contributed by atoms with E-state index in [9.17, 15) is 0 Å². The molecule has 0 saturated carbocycles. The van der Waals surface area contributed by atoms with E-state index in [-0.39, 0.29) is 12.1 Å². The number of aryl methyl sites for hydroxylation is 1. The van der Waals surface area contributed by atoms with E-state index in [4.69, 9.17) is 10.2 Å². The Balaban J connectivity index is 2.45. The number of hydrogen-bond donors (Lipinski definition) is 1. The van der Waals surface area contributed by atoms with E-state index < -0.39 is 0 Å². The maximum absolute atomic E-state index is 6.37. The molecule has 0 aromatic carbocycles. The van der Waals surface area contributed by atoms with E-state index in [1.54, 1.807) is 12.5 Å². The lowest BCUT2D eigenvalue weighted by Gasteiger charge is -2.17. The van der Waals surface area contributed by atoms with E-state index in [0.29, 0.717) is 0 Å². The maximum atomic E-state index is 6.37. The molecule has 2 aromatic heterocycles. The molecular formula is C13H18BrN3O. The van der Waals surface area contributed by atoms with Gasteiger partial charge in [-0.25, -0.2) is 0 Å². The summed E-state index contributed by atoms with van der Waals surface area (Å²) in [6.45, 7) is 6.24. The highest BCUT2D eigenvalue weighted by molar-refractivity contribution is 9.10. The Labute approximate surface area is 115 Å². The van der Waals surface area contributed by atoms with E-state index in [1.165, 1.54) is 0 Å². The van der Waals surface area contributed by atoms with Gasteiger partial charge in [0.2, 0.25) is 0 Å². The molecule has 4 nitrogen and oxygen atoms in total. The lowest BCUT2D eigenvalue weighted by molar-refractivity contribution is 0.487. The van der Waals surface area contributed by atoms with Crippen molar-refractivity contribution < 1.29 is 4.42 Å². The predicted molar refractivity (Wildman–Crippen MR) is 74.4 cm³/mol. The minimum absolute atomic E-state index is 0.224. The Morgan fingerprint density at radius 1 is 1.50 bits per heavy atom. The van der Waals surface area contributed by atoms with Crippen molar-refractivity contribution in [2.45, 2.75) is 39.3 Å². The summed E-state index contributed by atoms with van der Waals surface area (Å²) >= 11 is 3.52. The first-order chi connectivity index (χ1) is 8.56. The Hall–Kier alpha value is -1.07. The topological polar surface area (TPSA) is 57.0 Å². The summed E-state index contributed by atoms with van der Waals surface area (Å²) in [5.74, 6) is 0.936. The molecule has 0 spiro atoms. The van der Waals surface area contributed by atoms with Crippen molar-refractivity contribution in [3.05, 3.63) is 40.0 Å². The molecule has 0 aliphatic heterocycles. The fourth-order valence-electron chi connectivity index (χ4n) is 2.12.